The second-order valence-electron chi connectivity index (χ2n) is 4.19. The molecule has 84 valence electrons. The fourth-order valence-corrected chi connectivity index (χ4v) is 2.28. The molecule has 0 saturated carbocycles. The monoisotopic (exact) mass is 234 g/mol. The van der Waals surface area contributed by atoms with Gasteiger partial charge in [-0.25, -0.2) is 0 Å². The fraction of sp³-hybridized carbons (Fsp3) is 0.286. The van der Waals surface area contributed by atoms with Crippen LogP contribution >= 0.6 is 11.6 Å². The van der Waals surface area contributed by atoms with Gasteiger partial charge in [0.2, 0.25) is 0 Å². The van der Waals surface area contributed by atoms with Crippen LogP contribution in [0.3, 0.4) is 0 Å². The van der Waals surface area contributed by atoms with Crippen molar-refractivity contribution in [1.29, 1.82) is 0 Å². The van der Waals surface area contributed by atoms with Gasteiger partial charge in [0.25, 0.3) is 0 Å². The van der Waals surface area contributed by atoms with E-state index in [-0.39, 0.29) is 5.38 Å². The lowest BCUT2D eigenvalue weighted by Gasteiger charge is -2.12. The molecule has 1 nitrogen and oxygen atoms in total. The SMILES string of the molecule is Cc1ccc(C)c(C(Cl)c2occc2C)c1. The summed E-state index contributed by atoms with van der Waals surface area (Å²) in [5.41, 5.74) is 4.64. The molecule has 0 fully saturated rings. The van der Waals surface area contributed by atoms with E-state index in [0.29, 0.717) is 0 Å². The molecule has 0 saturated heterocycles. The van der Waals surface area contributed by atoms with E-state index in [2.05, 4.69) is 32.0 Å². The quantitative estimate of drug-likeness (QED) is 0.696. The first-order valence-corrected chi connectivity index (χ1v) is 5.78. The molecule has 1 unspecified atom stereocenters. The Morgan fingerprint density at radius 3 is 2.44 bits per heavy atom. The van der Waals surface area contributed by atoms with Gasteiger partial charge in [-0.1, -0.05) is 23.8 Å². The maximum absolute atomic E-state index is 6.46. The van der Waals surface area contributed by atoms with Crippen molar-refractivity contribution in [3.8, 4) is 0 Å². The summed E-state index contributed by atoms with van der Waals surface area (Å²) in [6.07, 6.45) is 1.69. The molecule has 2 aromatic rings. The van der Waals surface area contributed by atoms with Crippen LogP contribution in [0.5, 0.6) is 0 Å². The lowest BCUT2D eigenvalue weighted by molar-refractivity contribution is 0.513. The summed E-state index contributed by atoms with van der Waals surface area (Å²) in [5.74, 6) is 0.843. The first-order chi connectivity index (χ1) is 7.59. The van der Waals surface area contributed by atoms with E-state index in [1.807, 2.05) is 13.0 Å². The topological polar surface area (TPSA) is 13.1 Å². The van der Waals surface area contributed by atoms with Gasteiger partial charge in [-0.15, -0.1) is 11.6 Å². The highest BCUT2D eigenvalue weighted by Gasteiger charge is 2.18. The van der Waals surface area contributed by atoms with Crippen LogP contribution in [-0.4, -0.2) is 0 Å². The van der Waals surface area contributed by atoms with E-state index in [1.165, 1.54) is 11.1 Å². The molecule has 2 heteroatoms. The summed E-state index contributed by atoms with van der Waals surface area (Å²) >= 11 is 6.46. The number of furan rings is 1. The number of aryl methyl sites for hydroxylation is 3. The van der Waals surface area contributed by atoms with Crippen LogP contribution in [-0.2, 0) is 0 Å². The van der Waals surface area contributed by atoms with E-state index >= 15 is 0 Å². The highest BCUT2D eigenvalue weighted by molar-refractivity contribution is 6.22. The summed E-state index contributed by atoms with van der Waals surface area (Å²) < 4.78 is 5.44. The van der Waals surface area contributed by atoms with Crippen molar-refractivity contribution in [2.24, 2.45) is 0 Å². The summed E-state index contributed by atoms with van der Waals surface area (Å²) in [4.78, 5) is 0. The van der Waals surface area contributed by atoms with E-state index in [9.17, 15) is 0 Å². The van der Waals surface area contributed by atoms with Gasteiger partial charge < -0.3 is 4.42 Å². The first-order valence-electron chi connectivity index (χ1n) is 5.35. The van der Waals surface area contributed by atoms with E-state index in [0.717, 1.165) is 16.9 Å². The zero-order chi connectivity index (χ0) is 11.7. The molecule has 0 bridgehead atoms. The highest BCUT2D eigenvalue weighted by Crippen LogP contribution is 2.33. The van der Waals surface area contributed by atoms with Crippen molar-refractivity contribution in [3.63, 3.8) is 0 Å². The Hall–Kier alpha value is -1.21. The molecule has 1 aromatic heterocycles. The van der Waals surface area contributed by atoms with Crippen molar-refractivity contribution in [1.82, 2.24) is 0 Å². The van der Waals surface area contributed by atoms with Crippen LogP contribution in [0.25, 0.3) is 0 Å². The molecule has 2 rings (SSSR count). The van der Waals surface area contributed by atoms with Gasteiger partial charge in [0, 0.05) is 0 Å². The summed E-state index contributed by atoms with van der Waals surface area (Å²) in [5, 5.41) is -0.199. The largest absolute Gasteiger partial charge is 0.467 e. The molecule has 0 aliphatic heterocycles. The van der Waals surface area contributed by atoms with Crippen LogP contribution in [0.4, 0.5) is 0 Å². The van der Waals surface area contributed by atoms with Gasteiger partial charge in [0.1, 0.15) is 11.1 Å². The van der Waals surface area contributed by atoms with Crippen LogP contribution in [0.2, 0.25) is 0 Å². The third-order valence-corrected chi connectivity index (χ3v) is 3.27. The second-order valence-corrected chi connectivity index (χ2v) is 4.63. The Balaban J connectivity index is 2.45. The van der Waals surface area contributed by atoms with E-state index in [1.54, 1.807) is 6.26 Å². The van der Waals surface area contributed by atoms with Gasteiger partial charge >= 0.3 is 0 Å². The van der Waals surface area contributed by atoms with Crippen molar-refractivity contribution >= 4 is 11.6 Å². The zero-order valence-electron chi connectivity index (χ0n) is 9.75. The maximum Gasteiger partial charge on any atom is 0.128 e. The van der Waals surface area contributed by atoms with Crippen LogP contribution < -0.4 is 0 Å². The second kappa shape index (κ2) is 4.34. The summed E-state index contributed by atoms with van der Waals surface area (Å²) in [6, 6.07) is 8.25. The Kier molecular flexibility index (Phi) is 3.06. The van der Waals surface area contributed by atoms with Gasteiger partial charge in [-0.05, 0) is 43.5 Å². The molecule has 0 amide bonds. The minimum atomic E-state index is -0.199. The molecule has 16 heavy (non-hydrogen) atoms. The molecule has 0 aliphatic carbocycles. The number of hydrogen-bond acceptors (Lipinski definition) is 1. The number of rotatable bonds is 2. The van der Waals surface area contributed by atoms with Gasteiger partial charge in [0.05, 0.1) is 6.26 Å². The molecular formula is C14H15ClO. The first kappa shape index (κ1) is 11.3. The predicted octanol–water partition coefficient (Wildman–Crippen LogP) is 4.53. The molecule has 0 aliphatic rings. The lowest BCUT2D eigenvalue weighted by Crippen LogP contribution is -1.97. The Bertz CT molecular complexity index is 499. The number of benzene rings is 1. The average molecular weight is 235 g/mol. The summed E-state index contributed by atoms with van der Waals surface area (Å²) in [6.45, 7) is 6.16. The van der Waals surface area contributed by atoms with Gasteiger partial charge in [0.15, 0.2) is 0 Å². The van der Waals surface area contributed by atoms with Crippen molar-refractivity contribution in [2.75, 3.05) is 0 Å². The molecule has 0 radical (unpaired) electrons. The molecule has 0 N–H and O–H groups in total. The van der Waals surface area contributed by atoms with Gasteiger partial charge in [-0.2, -0.15) is 0 Å². The highest BCUT2D eigenvalue weighted by atomic mass is 35.5. The predicted molar refractivity (Wildman–Crippen MR) is 67.1 cm³/mol. The molecule has 0 spiro atoms. The van der Waals surface area contributed by atoms with E-state index < -0.39 is 0 Å². The average Bonchev–Trinajstić information content (AvgIpc) is 2.67. The van der Waals surface area contributed by atoms with Crippen LogP contribution in [0.1, 0.15) is 33.4 Å². The third kappa shape index (κ3) is 2.00. The number of hydrogen-bond donors (Lipinski definition) is 0. The lowest BCUT2D eigenvalue weighted by atomic mass is 10.0. The third-order valence-electron chi connectivity index (χ3n) is 2.84. The molecule has 1 aromatic carbocycles. The Morgan fingerprint density at radius 1 is 1.06 bits per heavy atom. The zero-order valence-corrected chi connectivity index (χ0v) is 10.5. The Labute approximate surface area is 101 Å². The smallest absolute Gasteiger partial charge is 0.128 e. The van der Waals surface area contributed by atoms with Crippen molar-refractivity contribution in [2.45, 2.75) is 26.1 Å². The van der Waals surface area contributed by atoms with Crippen molar-refractivity contribution in [3.05, 3.63) is 58.5 Å². The molecular weight excluding hydrogens is 220 g/mol. The minimum Gasteiger partial charge on any atom is -0.467 e. The summed E-state index contributed by atoms with van der Waals surface area (Å²) in [7, 11) is 0. The van der Waals surface area contributed by atoms with E-state index in [4.69, 9.17) is 16.0 Å². The minimum absolute atomic E-state index is 0.199. The molecule has 1 heterocycles. The standard InChI is InChI=1S/C14H15ClO/c1-9-4-5-10(2)12(8-9)13(15)14-11(3)6-7-16-14/h4-8,13H,1-3H3. The van der Waals surface area contributed by atoms with Crippen LogP contribution in [0, 0.1) is 20.8 Å². The maximum atomic E-state index is 6.46. The normalized spacial score (nSPS) is 12.8. The number of alkyl halides is 1. The van der Waals surface area contributed by atoms with Gasteiger partial charge in [-0.3, -0.25) is 0 Å². The van der Waals surface area contributed by atoms with Crippen LogP contribution in [0.15, 0.2) is 34.9 Å². The van der Waals surface area contributed by atoms with Crippen molar-refractivity contribution < 1.29 is 4.42 Å². The Morgan fingerprint density at radius 2 is 1.81 bits per heavy atom. The number of halogens is 1. The molecule has 1 atom stereocenters. The fourth-order valence-electron chi connectivity index (χ4n) is 1.82.